The second kappa shape index (κ2) is 8.39. The van der Waals surface area contributed by atoms with Gasteiger partial charge in [0.2, 0.25) is 5.91 Å². The fourth-order valence-corrected chi connectivity index (χ4v) is 3.63. The number of hydrogen-bond acceptors (Lipinski definition) is 4. The summed E-state index contributed by atoms with van der Waals surface area (Å²) >= 11 is 0. The molecule has 0 radical (unpaired) electrons. The van der Waals surface area contributed by atoms with Crippen LogP contribution < -0.4 is 4.90 Å². The average Bonchev–Trinajstić information content (AvgIpc) is 2.77. The Morgan fingerprint density at radius 1 is 1.00 bits per heavy atom. The first-order chi connectivity index (χ1) is 14.1. The molecule has 29 heavy (non-hydrogen) atoms. The topological polar surface area (TPSA) is 49.3 Å². The lowest BCUT2D eigenvalue weighted by molar-refractivity contribution is -0.126. The Balaban J connectivity index is 1.57. The Morgan fingerprint density at radius 2 is 1.72 bits per heavy atom. The number of anilines is 1. The smallest absolute Gasteiger partial charge is 0.246 e. The van der Waals surface area contributed by atoms with Crippen LogP contribution in [-0.2, 0) is 17.6 Å². The van der Waals surface area contributed by atoms with Crippen LogP contribution in [-0.4, -0.2) is 47.0 Å². The third-order valence-corrected chi connectivity index (χ3v) is 5.25. The molecule has 1 saturated heterocycles. The molecule has 0 unspecified atom stereocenters. The van der Waals surface area contributed by atoms with E-state index in [-0.39, 0.29) is 11.7 Å². The minimum Gasteiger partial charge on any atom is -0.352 e. The second-order valence-corrected chi connectivity index (χ2v) is 7.12. The lowest BCUT2D eigenvalue weighted by Crippen LogP contribution is -2.48. The molecule has 0 atom stereocenters. The van der Waals surface area contributed by atoms with Crippen LogP contribution in [0.3, 0.4) is 0 Å². The van der Waals surface area contributed by atoms with Gasteiger partial charge < -0.3 is 9.80 Å². The van der Waals surface area contributed by atoms with Crippen molar-refractivity contribution >= 4 is 22.6 Å². The minimum absolute atomic E-state index is 0.0304. The van der Waals surface area contributed by atoms with Gasteiger partial charge in [-0.1, -0.05) is 30.8 Å². The molecule has 0 spiro atoms. The van der Waals surface area contributed by atoms with Gasteiger partial charge in [-0.2, -0.15) is 0 Å². The SMILES string of the molecule is C=CC(=O)N1CCN(c2nc(CCc3ccc(F)cc3)nc3ccccc23)CC1. The molecule has 6 heteroatoms. The van der Waals surface area contributed by atoms with Gasteiger partial charge in [0.25, 0.3) is 0 Å². The van der Waals surface area contributed by atoms with Gasteiger partial charge in [-0.15, -0.1) is 0 Å². The molecular formula is C23H23FN4O. The van der Waals surface area contributed by atoms with E-state index in [4.69, 9.17) is 9.97 Å². The summed E-state index contributed by atoms with van der Waals surface area (Å²) in [5.41, 5.74) is 1.97. The first-order valence-corrected chi connectivity index (χ1v) is 9.80. The van der Waals surface area contributed by atoms with E-state index < -0.39 is 0 Å². The first-order valence-electron chi connectivity index (χ1n) is 9.80. The van der Waals surface area contributed by atoms with Gasteiger partial charge in [0.15, 0.2) is 0 Å². The maximum Gasteiger partial charge on any atom is 0.246 e. The predicted molar refractivity (Wildman–Crippen MR) is 112 cm³/mol. The number of para-hydroxylation sites is 1. The van der Waals surface area contributed by atoms with E-state index in [1.807, 2.05) is 29.2 Å². The quantitative estimate of drug-likeness (QED) is 0.627. The summed E-state index contributed by atoms with van der Waals surface area (Å²) in [6, 6.07) is 14.6. The number of nitrogens with zero attached hydrogens (tertiary/aromatic N) is 4. The van der Waals surface area contributed by atoms with Crippen LogP contribution in [0.4, 0.5) is 10.2 Å². The van der Waals surface area contributed by atoms with Crippen molar-refractivity contribution < 1.29 is 9.18 Å². The molecule has 2 aromatic carbocycles. The second-order valence-electron chi connectivity index (χ2n) is 7.12. The predicted octanol–water partition coefficient (Wildman–Crippen LogP) is 3.39. The third kappa shape index (κ3) is 4.26. The maximum atomic E-state index is 13.1. The molecule has 0 saturated carbocycles. The zero-order chi connectivity index (χ0) is 20.2. The molecule has 2 heterocycles. The zero-order valence-electron chi connectivity index (χ0n) is 16.2. The molecule has 3 aromatic rings. The van der Waals surface area contributed by atoms with Crippen LogP contribution in [0, 0.1) is 5.82 Å². The number of amides is 1. The molecule has 5 nitrogen and oxygen atoms in total. The van der Waals surface area contributed by atoms with Gasteiger partial charge in [0, 0.05) is 38.0 Å². The fourth-order valence-electron chi connectivity index (χ4n) is 3.63. The number of aromatic nitrogens is 2. The molecule has 0 N–H and O–H groups in total. The number of hydrogen-bond donors (Lipinski definition) is 0. The van der Waals surface area contributed by atoms with E-state index in [2.05, 4.69) is 11.5 Å². The van der Waals surface area contributed by atoms with Crippen molar-refractivity contribution in [2.24, 2.45) is 0 Å². The highest BCUT2D eigenvalue weighted by Gasteiger charge is 2.22. The van der Waals surface area contributed by atoms with E-state index in [0.29, 0.717) is 19.5 Å². The average molecular weight is 390 g/mol. The summed E-state index contributed by atoms with van der Waals surface area (Å²) < 4.78 is 13.1. The number of rotatable bonds is 5. The van der Waals surface area contributed by atoms with E-state index >= 15 is 0 Å². The zero-order valence-corrected chi connectivity index (χ0v) is 16.2. The van der Waals surface area contributed by atoms with Crippen LogP contribution in [0.1, 0.15) is 11.4 Å². The number of aryl methyl sites for hydroxylation is 2. The summed E-state index contributed by atoms with van der Waals surface area (Å²) in [5, 5.41) is 1.02. The highest BCUT2D eigenvalue weighted by Crippen LogP contribution is 2.25. The molecule has 1 aromatic heterocycles. The van der Waals surface area contributed by atoms with Gasteiger partial charge in [0.05, 0.1) is 5.52 Å². The summed E-state index contributed by atoms with van der Waals surface area (Å²) in [4.78, 5) is 25.5. The molecule has 4 rings (SSSR count). The van der Waals surface area contributed by atoms with Gasteiger partial charge in [-0.3, -0.25) is 4.79 Å². The third-order valence-electron chi connectivity index (χ3n) is 5.25. The number of carbonyl (C=O) groups excluding carboxylic acids is 1. The van der Waals surface area contributed by atoms with E-state index in [0.717, 1.165) is 47.6 Å². The van der Waals surface area contributed by atoms with Gasteiger partial charge in [-0.05, 0) is 42.3 Å². The Labute approximate surface area is 169 Å². The van der Waals surface area contributed by atoms with Crippen molar-refractivity contribution in [3.63, 3.8) is 0 Å². The highest BCUT2D eigenvalue weighted by molar-refractivity contribution is 5.90. The van der Waals surface area contributed by atoms with Crippen molar-refractivity contribution in [2.45, 2.75) is 12.8 Å². The van der Waals surface area contributed by atoms with Crippen LogP contribution >= 0.6 is 0 Å². The lowest BCUT2D eigenvalue weighted by Gasteiger charge is -2.35. The van der Waals surface area contributed by atoms with Crippen LogP contribution in [0.15, 0.2) is 61.2 Å². The number of piperazine rings is 1. The molecule has 0 aliphatic carbocycles. The van der Waals surface area contributed by atoms with Crippen molar-refractivity contribution in [1.29, 1.82) is 0 Å². The van der Waals surface area contributed by atoms with Crippen molar-refractivity contribution in [1.82, 2.24) is 14.9 Å². The normalized spacial score (nSPS) is 14.2. The summed E-state index contributed by atoms with van der Waals surface area (Å²) in [6.07, 6.45) is 2.79. The number of carbonyl (C=O) groups is 1. The number of halogens is 1. The standard InChI is InChI=1S/C23H23FN4O/c1-2-22(29)27-13-15-28(16-14-27)23-19-5-3-4-6-20(19)25-21(26-23)12-9-17-7-10-18(24)11-8-17/h2-8,10-11H,1,9,12-16H2. The molecule has 1 fully saturated rings. The van der Waals surface area contributed by atoms with Gasteiger partial charge >= 0.3 is 0 Å². The summed E-state index contributed by atoms with van der Waals surface area (Å²) in [6.45, 7) is 6.30. The maximum absolute atomic E-state index is 13.1. The monoisotopic (exact) mass is 390 g/mol. The van der Waals surface area contributed by atoms with E-state index in [9.17, 15) is 9.18 Å². The first kappa shape index (κ1) is 19.1. The fraction of sp³-hybridized carbons (Fsp3) is 0.261. The Hall–Kier alpha value is -3.28. The molecule has 1 aliphatic rings. The van der Waals surface area contributed by atoms with Crippen LogP contribution in [0.25, 0.3) is 10.9 Å². The Kier molecular flexibility index (Phi) is 5.51. The Bertz CT molecular complexity index is 1030. The highest BCUT2D eigenvalue weighted by atomic mass is 19.1. The van der Waals surface area contributed by atoms with Crippen molar-refractivity contribution in [3.05, 3.63) is 78.4 Å². The van der Waals surface area contributed by atoms with Gasteiger partial charge in [-0.25, -0.2) is 14.4 Å². The largest absolute Gasteiger partial charge is 0.352 e. The molecule has 148 valence electrons. The molecule has 0 bridgehead atoms. The summed E-state index contributed by atoms with van der Waals surface area (Å²) in [7, 11) is 0. The lowest BCUT2D eigenvalue weighted by atomic mass is 10.1. The van der Waals surface area contributed by atoms with Crippen molar-refractivity contribution in [3.8, 4) is 0 Å². The van der Waals surface area contributed by atoms with Gasteiger partial charge in [0.1, 0.15) is 17.5 Å². The number of fused-ring (bicyclic) bond motifs is 1. The number of benzene rings is 2. The molecular weight excluding hydrogens is 367 g/mol. The summed E-state index contributed by atoms with van der Waals surface area (Å²) in [5.74, 6) is 1.42. The molecule has 1 amide bonds. The van der Waals surface area contributed by atoms with Crippen LogP contribution in [0.2, 0.25) is 0 Å². The van der Waals surface area contributed by atoms with Crippen LogP contribution in [0.5, 0.6) is 0 Å². The molecule has 1 aliphatic heterocycles. The van der Waals surface area contributed by atoms with E-state index in [1.165, 1.54) is 18.2 Å². The minimum atomic E-state index is -0.230. The van der Waals surface area contributed by atoms with E-state index in [1.54, 1.807) is 12.1 Å². The van der Waals surface area contributed by atoms with Crippen molar-refractivity contribution in [2.75, 3.05) is 31.1 Å². The Morgan fingerprint density at radius 3 is 2.45 bits per heavy atom.